The number of carbonyl (C=O) groups excluding carboxylic acids is 1. The number of benzene rings is 2. The Labute approximate surface area is 140 Å². The van der Waals surface area contributed by atoms with Crippen molar-refractivity contribution < 1.29 is 23.6 Å². The molecule has 0 radical (unpaired) electrons. The van der Waals surface area contributed by atoms with E-state index in [0.717, 1.165) is 5.56 Å². The molecule has 0 aliphatic carbocycles. The molecular formula is C16H19N2O5P. The summed E-state index contributed by atoms with van der Waals surface area (Å²) < 4.78 is 15.5. The van der Waals surface area contributed by atoms with Crippen LogP contribution in [-0.4, -0.2) is 16.9 Å². The Hall–Kier alpha value is -2.18. The Morgan fingerprint density at radius 2 is 1.71 bits per heavy atom. The molecule has 2 atom stereocenters. The van der Waals surface area contributed by atoms with Crippen LogP contribution >= 0.6 is 7.75 Å². The van der Waals surface area contributed by atoms with E-state index >= 15 is 0 Å². The zero-order valence-corrected chi connectivity index (χ0v) is 14.0. The monoisotopic (exact) mass is 350 g/mol. The van der Waals surface area contributed by atoms with Gasteiger partial charge in [0.25, 0.3) is 0 Å². The van der Waals surface area contributed by atoms with Gasteiger partial charge in [-0.2, -0.15) is 0 Å². The van der Waals surface area contributed by atoms with Gasteiger partial charge in [0.05, 0.1) is 12.3 Å². The van der Waals surface area contributed by atoms with E-state index in [0.29, 0.717) is 5.69 Å². The summed E-state index contributed by atoms with van der Waals surface area (Å²) in [6.45, 7) is 1.71. The third-order valence-electron chi connectivity index (χ3n) is 3.14. The number of hydroxylamine groups is 1. The summed E-state index contributed by atoms with van der Waals surface area (Å²) in [6, 6.07) is 17.3. The van der Waals surface area contributed by atoms with E-state index < -0.39 is 19.8 Å². The van der Waals surface area contributed by atoms with Crippen LogP contribution in [0.3, 0.4) is 0 Å². The van der Waals surface area contributed by atoms with E-state index in [1.54, 1.807) is 24.3 Å². The maximum absolute atomic E-state index is 12.0. The van der Waals surface area contributed by atoms with E-state index in [1.807, 2.05) is 36.4 Å². The third kappa shape index (κ3) is 5.47. The predicted molar refractivity (Wildman–Crippen MR) is 89.7 cm³/mol. The van der Waals surface area contributed by atoms with Crippen LogP contribution in [0.4, 0.5) is 5.69 Å². The van der Waals surface area contributed by atoms with E-state index in [-0.39, 0.29) is 6.61 Å². The highest BCUT2D eigenvalue weighted by molar-refractivity contribution is 7.50. The lowest BCUT2D eigenvalue weighted by Crippen LogP contribution is -2.40. The molecule has 128 valence electrons. The standard InChI is InChI=1S/C16H19N2O5P/c1-13(16(19)23-24(17,20)21)18(15-10-6-3-7-11-15)22-12-14-8-4-2-5-9-14/h2-11,13H,12H2,1H3,(H3,17,20,21)/t13-/m0/s1. The molecule has 0 bridgehead atoms. The van der Waals surface area contributed by atoms with Gasteiger partial charge in [-0.1, -0.05) is 48.5 Å². The van der Waals surface area contributed by atoms with Gasteiger partial charge in [-0.05, 0) is 24.6 Å². The van der Waals surface area contributed by atoms with E-state index in [2.05, 4.69) is 4.52 Å². The Morgan fingerprint density at radius 3 is 2.25 bits per heavy atom. The van der Waals surface area contributed by atoms with Crippen molar-refractivity contribution in [2.75, 3.05) is 5.06 Å². The molecule has 0 amide bonds. The van der Waals surface area contributed by atoms with Gasteiger partial charge in [0.1, 0.15) is 0 Å². The number of carbonyl (C=O) groups is 1. The fourth-order valence-electron chi connectivity index (χ4n) is 2.00. The highest BCUT2D eigenvalue weighted by Gasteiger charge is 2.29. The van der Waals surface area contributed by atoms with Gasteiger partial charge in [-0.3, -0.25) is 4.84 Å². The van der Waals surface area contributed by atoms with Crippen molar-refractivity contribution in [2.45, 2.75) is 19.6 Å². The summed E-state index contributed by atoms with van der Waals surface area (Å²) in [4.78, 5) is 26.8. The molecule has 2 aromatic carbocycles. The van der Waals surface area contributed by atoms with E-state index in [4.69, 9.17) is 15.2 Å². The first-order chi connectivity index (χ1) is 11.4. The lowest BCUT2D eigenvalue weighted by Gasteiger charge is -2.28. The molecule has 1 unspecified atom stereocenters. The van der Waals surface area contributed by atoms with Crippen molar-refractivity contribution in [3.63, 3.8) is 0 Å². The van der Waals surface area contributed by atoms with E-state index in [9.17, 15) is 9.36 Å². The molecule has 0 aromatic heterocycles. The van der Waals surface area contributed by atoms with Crippen LogP contribution < -0.4 is 10.6 Å². The molecular weight excluding hydrogens is 331 g/mol. The maximum Gasteiger partial charge on any atom is 0.455 e. The largest absolute Gasteiger partial charge is 0.455 e. The van der Waals surface area contributed by atoms with Crippen LogP contribution in [-0.2, 0) is 25.3 Å². The number of nitrogens with zero attached hydrogens (tertiary/aromatic N) is 1. The quantitative estimate of drug-likeness (QED) is 0.584. The van der Waals surface area contributed by atoms with Gasteiger partial charge in [-0.25, -0.2) is 19.9 Å². The smallest absolute Gasteiger partial charge is 0.379 e. The van der Waals surface area contributed by atoms with Crippen molar-refractivity contribution in [3.05, 3.63) is 66.2 Å². The third-order valence-corrected chi connectivity index (χ3v) is 3.58. The zero-order chi connectivity index (χ0) is 17.6. The first kappa shape index (κ1) is 18.2. The molecule has 0 spiro atoms. The first-order valence-electron chi connectivity index (χ1n) is 7.23. The second-order valence-corrected chi connectivity index (χ2v) is 6.38. The Kier molecular flexibility index (Phi) is 6.11. The first-order valence-corrected chi connectivity index (χ1v) is 8.87. The molecule has 0 aliphatic rings. The molecule has 7 nitrogen and oxygen atoms in total. The average Bonchev–Trinajstić information content (AvgIpc) is 2.55. The number of rotatable bonds is 7. The fraction of sp³-hybridized carbons (Fsp3) is 0.188. The van der Waals surface area contributed by atoms with Crippen LogP contribution in [0.5, 0.6) is 0 Å². The van der Waals surface area contributed by atoms with Gasteiger partial charge < -0.3 is 9.42 Å². The highest BCUT2D eigenvalue weighted by atomic mass is 31.2. The van der Waals surface area contributed by atoms with Crippen molar-refractivity contribution in [3.8, 4) is 0 Å². The summed E-state index contributed by atoms with van der Waals surface area (Å²) in [5, 5.41) is 1.32. The molecule has 24 heavy (non-hydrogen) atoms. The highest BCUT2D eigenvalue weighted by Crippen LogP contribution is 2.32. The Balaban J connectivity index is 2.16. The average molecular weight is 350 g/mol. The second kappa shape index (κ2) is 8.08. The SMILES string of the molecule is C[C@@H](C(=O)OP(N)(=O)O)N(OCc1ccccc1)c1ccccc1. The number of anilines is 1. The van der Waals surface area contributed by atoms with Gasteiger partial charge in [0, 0.05) is 0 Å². The van der Waals surface area contributed by atoms with Gasteiger partial charge in [0.15, 0.2) is 6.04 Å². The van der Waals surface area contributed by atoms with Crippen LogP contribution in [0.1, 0.15) is 12.5 Å². The lowest BCUT2D eigenvalue weighted by atomic mass is 10.2. The Bertz CT molecular complexity index is 705. The summed E-state index contributed by atoms with van der Waals surface area (Å²) >= 11 is 0. The van der Waals surface area contributed by atoms with Crippen molar-refractivity contribution in [1.29, 1.82) is 0 Å². The molecule has 0 saturated heterocycles. The molecule has 0 heterocycles. The zero-order valence-electron chi connectivity index (χ0n) is 13.1. The van der Waals surface area contributed by atoms with Crippen molar-refractivity contribution >= 4 is 19.4 Å². The van der Waals surface area contributed by atoms with Gasteiger partial charge in [-0.15, -0.1) is 0 Å². The summed E-state index contributed by atoms with van der Waals surface area (Å²) in [7, 11) is -4.42. The fourth-order valence-corrected chi connectivity index (χ4v) is 2.41. The predicted octanol–water partition coefficient (Wildman–Crippen LogP) is 2.62. The minimum atomic E-state index is -4.42. The topological polar surface area (TPSA) is 102 Å². The summed E-state index contributed by atoms with van der Waals surface area (Å²) in [5.41, 5.74) is 6.39. The van der Waals surface area contributed by atoms with Crippen molar-refractivity contribution in [1.82, 2.24) is 0 Å². The lowest BCUT2D eigenvalue weighted by molar-refractivity contribution is -0.138. The molecule has 2 rings (SSSR count). The molecule has 2 aromatic rings. The van der Waals surface area contributed by atoms with Gasteiger partial charge >= 0.3 is 13.7 Å². The molecule has 8 heteroatoms. The maximum atomic E-state index is 12.0. The van der Waals surface area contributed by atoms with E-state index in [1.165, 1.54) is 12.0 Å². The molecule has 0 fully saturated rings. The van der Waals surface area contributed by atoms with Crippen LogP contribution in [0.25, 0.3) is 0 Å². The van der Waals surface area contributed by atoms with Crippen LogP contribution in [0.15, 0.2) is 60.7 Å². The Morgan fingerprint density at radius 1 is 1.17 bits per heavy atom. The van der Waals surface area contributed by atoms with Crippen molar-refractivity contribution in [2.24, 2.45) is 5.50 Å². The van der Waals surface area contributed by atoms with Crippen LogP contribution in [0, 0.1) is 0 Å². The number of hydrogen-bond acceptors (Lipinski definition) is 5. The second-order valence-electron chi connectivity index (χ2n) is 5.07. The number of para-hydroxylation sites is 1. The molecule has 0 saturated carbocycles. The normalized spacial score (nSPS) is 14.5. The van der Waals surface area contributed by atoms with Crippen LogP contribution in [0.2, 0.25) is 0 Å². The van der Waals surface area contributed by atoms with Gasteiger partial charge in [0.2, 0.25) is 0 Å². The minimum Gasteiger partial charge on any atom is -0.379 e. The molecule has 3 N–H and O–H groups in total. The number of nitrogens with two attached hydrogens (primary N) is 1. The number of hydrogen-bond donors (Lipinski definition) is 2. The summed E-state index contributed by atoms with van der Waals surface area (Å²) in [5.74, 6) is -0.958. The summed E-state index contributed by atoms with van der Waals surface area (Å²) in [6.07, 6.45) is 0. The minimum absolute atomic E-state index is 0.215. The molecule has 0 aliphatic heterocycles.